The maximum absolute atomic E-state index is 12.6. The van der Waals surface area contributed by atoms with Gasteiger partial charge in [0.1, 0.15) is 0 Å². The third-order valence-electron chi connectivity index (χ3n) is 3.70. The van der Waals surface area contributed by atoms with Crippen molar-refractivity contribution in [3.05, 3.63) is 61.0 Å². The SMILES string of the molecule is COc1cc(Cl)cc(/C=C2\SC(=O)N(Cc3ccc(I)cc3)C2=O)c1O. The Morgan fingerprint density at radius 2 is 1.96 bits per heavy atom. The van der Waals surface area contributed by atoms with Gasteiger partial charge in [-0.2, -0.15) is 0 Å². The summed E-state index contributed by atoms with van der Waals surface area (Å²) in [6.45, 7) is 0.198. The van der Waals surface area contributed by atoms with Crippen molar-refractivity contribution in [2.24, 2.45) is 0 Å². The number of carbonyl (C=O) groups excluding carboxylic acids is 2. The lowest BCUT2D eigenvalue weighted by Crippen LogP contribution is -2.27. The van der Waals surface area contributed by atoms with Gasteiger partial charge in [-0.15, -0.1) is 0 Å². The molecular formula is C18H13ClINO4S. The van der Waals surface area contributed by atoms with Gasteiger partial charge in [0, 0.05) is 20.2 Å². The number of ether oxygens (including phenoxy) is 1. The Morgan fingerprint density at radius 1 is 1.27 bits per heavy atom. The Hall–Kier alpha value is -1.71. The Balaban J connectivity index is 1.88. The second-order valence-corrected chi connectivity index (χ2v) is 8.12. The second kappa shape index (κ2) is 7.89. The molecule has 0 spiro atoms. The van der Waals surface area contributed by atoms with E-state index < -0.39 is 5.91 Å². The number of carbonyl (C=O) groups is 2. The molecular weight excluding hydrogens is 489 g/mol. The van der Waals surface area contributed by atoms with Crippen molar-refractivity contribution in [1.82, 2.24) is 4.90 Å². The zero-order valence-electron chi connectivity index (χ0n) is 13.5. The second-order valence-electron chi connectivity index (χ2n) is 5.44. The molecule has 2 aromatic carbocycles. The van der Waals surface area contributed by atoms with E-state index >= 15 is 0 Å². The molecule has 0 atom stereocenters. The molecule has 134 valence electrons. The summed E-state index contributed by atoms with van der Waals surface area (Å²) < 4.78 is 6.13. The molecule has 1 aliphatic rings. The van der Waals surface area contributed by atoms with E-state index in [1.807, 2.05) is 24.3 Å². The average Bonchev–Trinajstić information content (AvgIpc) is 2.87. The number of amides is 2. The van der Waals surface area contributed by atoms with Gasteiger partial charge in [-0.25, -0.2) is 0 Å². The molecule has 0 radical (unpaired) electrons. The lowest BCUT2D eigenvalue weighted by atomic mass is 10.1. The molecule has 8 heteroatoms. The number of phenolic OH excluding ortho intramolecular Hbond substituents is 1. The van der Waals surface area contributed by atoms with Crippen LogP contribution in [0.1, 0.15) is 11.1 Å². The molecule has 0 unspecified atom stereocenters. The van der Waals surface area contributed by atoms with Crippen LogP contribution in [0.3, 0.4) is 0 Å². The number of benzene rings is 2. The summed E-state index contributed by atoms with van der Waals surface area (Å²) in [6.07, 6.45) is 1.45. The van der Waals surface area contributed by atoms with E-state index in [0.29, 0.717) is 10.6 Å². The summed E-state index contributed by atoms with van der Waals surface area (Å²) in [5.74, 6) is -0.347. The van der Waals surface area contributed by atoms with Crippen molar-refractivity contribution in [1.29, 1.82) is 0 Å². The van der Waals surface area contributed by atoms with Crippen LogP contribution in [0, 0.1) is 3.57 Å². The van der Waals surface area contributed by atoms with E-state index in [1.54, 1.807) is 0 Å². The smallest absolute Gasteiger partial charge is 0.293 e. The minimum atomic E-state index is -0.406. The number of methoxy groups -OCH3 is 1. The van der Waals surface area contributed by atoms with Crippen LogP contribution >= 0.6 is 46.0 Å². The van der Waals surface area contributed by atoms with Gasteiger partial charge in [-0.3, -0.25) is 14.5 Å². The number of nitrogens with zero attached hydrogens (tertiary/aromatic N) is 1. The number of halogens is 2. The first kappa shape index (κ1) is 19.1. The minimum Gasteiger partial charge on any atom is -0.504 e. The molecule has 26 heavy (non-hydrogen) atoms. The van der Waals surface area contributed by atoms with E-state index in [9.17, 15) is 14.7 Å². The van der Waals surface area contributed by atoms with Crippen LogP contribution in [0.15, 0.2) is 41.3 Å². The lowest BCUT2D eigenvalue weighted by molar-refractivity contribution is -0.123. The standard InChI is InChI=1S/C18H13ClINO4S/c1-25-14-8-12(19)6-11(16(14)22)7-15-17(23)21(18(24)26-15)9-10-2-4-13(20)5-3-10/h2-8,22H,9H2,1H3/b15-7-. The number of rotatable bonds is 4. The molecule has 1 heterocycles. The predicted octanol–water partition coefficient (Wildman–Crippen LogP) is 4.90. The van der Waals surface area contributed by atoms with Crippen molar-refractivity contribution in [3.8, 4) is 11.5 Å². The summed E-state index contributed by atoms with van der Waals surface area (Å²) in [4.78, 5) is 26.3. The van der Waals surface area contributed by atoms with Crippen molar-refractivity contribution < 1.29 is 19.4 Å². The van der Waals surface area contributed by atoms with Crippen LogP contribution in [0.2, 0.25) is 5.02 Å². The van der Waals surface area contributed by atoms with Crippen LogP contribution in [0.5, 0.6) is 11.5 Å². The van der Waals surface area contributed by atoms with Gasteiger partial charge in [0.15, 0.2) is 11.5 Å². The number of thioether (sulfide) groups is 1. The fourth-order valence-electron chi connectivity index (χ4n) is 2.41. The van der Waals surface area contributed by atoms with E-state index in [2.05, 4.69) is 22.6 Å². The molecule has 3 rings (SSSR count). The highest BCUT2D eigenvalue weighted by Gasteiger charge is 2.35. The number of phenols is 1. The van der Waals surface area contributed by atoms with Crippen LogP contribution < -0.4 is 4.74 Å². The normalized spacial score (nSPS) is 15.8. The zero-order chi connectivity index (χ0) is 18.8. The maximum Gasteiger partial charge on any atom is 0.293 e. The topological polar surface area (TPSA) is 66.8 Å². The van der Waals surface area contributed by atoms with Gasteiger partial charge in [-0.1, -0.05) is 23.7 Å². The largest absolute Gasteiger partial charge is 0.504 e. The highest BCUT2D eigenvalue weighted by Crippen LogP contribution is 2.38. The van der Waals surface area contributed by atoms with Crippen molar-refractivity contribution in [3.63, 3.8) is 0 Å². The van der Waals surface area contributed by atoms with Crippen LogP contribution in [-0.4, -0.2) is 28.3 Å². The van der Waals surface area contributed by atoms with Gasteiger partial charge < -0.3 is 9.84 Å². The maximum atomic E-state index is 12.6. The number of hydrogen-bond acceptors (Lipinski definition) is 5. The van der Waals surface area contributed by atoms with Crippen LogP contribution in [-0.2, 0) is 11.3 Å². The molecule has 1 saturated heterocycles. The molecule has 5 nitrogen and oxygen atoms in total. The molecule has 0 aromatic heterocycles. The number of imide groups is 1. The molecule has 0 bridgehead atoms. The van der Waals surface area contributed by atoms with Gasteiger partial charge in [0.05, 0.1) is 18.6 Å². The predicted molar refractivity (Wildman–Crippen MR) is 110 cm³/mol. The lowest BCUT2D eigenvalue weighted by Gasteiger charge is -2.12. The van der Waals surface area contributed by atoms with Crippen LogP contribution in [0.25, 0.3) is 6.08 Å². The molecule has 0 saturated carbocycles. The third-order valence-corrected chi connectivity index (χ3v) is 5.55. The highest BCUT2D eigenvalue weighted by molar-refractivity contribution is 14.1. The summed E-state index contributed by atoms with van der Waals surface area (Å²) >= 11 is 9.03. The molecule has 2 aromatic rings. The first-order valence-electron chi connectivity index (χ1n) is 7.45. The van der Waals surface area contributed by atoms with Crippen molar-refractivity contribution in [2.75, 3.05) is 7.11 Å². The summed E-state index contributed by atoms with van der Waals surface area (Å²) in [6, 6.07) is 10.6. The van der Waals surface area contributed by atoms with Gasteiger partial charge >= 0.3 is 0 Å². The van der Waals surface area contributed by atoms with Gasteiger partial charge in [0.25, 0.3) is 11.1 Å². The first-order chi connectivity index (χ1) is 12.4. The van der Waals surface area contributed by atoms with Gasteiger partial charge in [0.2, 0.25) is 0 Å². The third kappa shape index (κ3) is 3.99. The number of hydrogen-bond donors (Lipinski definition) is 1. The Kier molecular flexibility index (Phi) is 5.79. The molecule has 1 fully saturated rings. The monoisotopic (exact) mass is 501 g/mol. The quantitative estimate of drug-likeness (QED) is 0.477. The zero-order valence-corrected chi connectivity index (χ0v) is 17.3. The molecule has 1 aliphatic heterocycles. The first-order valence-corrected chi connectivity index (χ1v) is 9.72. The molecule has 0 aliphatic carbocycles. The Morgan fingerprint density at radius 3 is 2.62 bits per heavy atom. The highest BCUT2D eigenvalue weighted by atomic mass is 127. The fraction of sp³-hybridized carbons (Fsp3) is 0.111. The van der Waals surface area contributed by atoms with Gasteiger partial charge in [-0.05, 0) is 64.2 Å². The average molecular weight is 502 g/mol. The summed E-state index contributed by atoms with van der Waals surface area (Å²) in [7, 11) is 1.41. The Labute approximate surface area is 173 Å². The van der Waals surface area contributed by atoms with Crippen molar-refractivity contribution >= 4 is 63.2 Å². The number of aromatic hydroxyl groups is 1. The van der Waals surface area contributed by atoms with E-state index in [1.165, 1.54) is 30.2 Å². The van der Waals surface area contributed by atoms with Crippen LogP contribution in [0.4, 0.5) is 4.79 Å². The fourth-order valence-corrected chi connectivity index (χ4v) is 3.82. The summed E-state index contributed by atoms with van der Waals surface area (Å²) in [5, 5.41) is 10.2. The summed E-state index contributed by atoms with van der Waals surface area (Å²) in [5.41, 5.74) is 1.18. The minimum absolute atomic E-state index is 0.138. The Bertz CT molecular complexity index is 914. The van der Waals surface area contributed by atoms with Crippen molar-refractivity contribution in [2.45, 2.75) is 6.54 Å². The van der Waals surface area contributed by atoms with E-state index in [4.69, 9.17) is 16.3 Å². The molecule has 1 N–H and O–H groups in total. The molecule has 2 amide bonds. The van der Waals surface area contributed by atoms with E-state index in [0.717, 1.165) is 20.9 Å². The van der Waals surface area contributed by atoms with E-state index in [-0.39, 0.29) is 28.2 Å².